The summed E-state index contributed by atoms with van der Waals surface area (Å²) in [5.41, 5.74) is 3.64. The number of fused-ring (bicyclic) bond motifs is 3. The first-order valence-electron chi connectivity index (χ1n) is 9.77. The molecule has 10 heteroatoms. The third kappa shape index (κ3) is 4.00. The molecular weight excluding hydrogens is 406 g/mol. The Morgan fingerprint density at radius 3 is 2.63 bits per heavy atom. The lowest BCUT2D eigenvalue weighted by Gasteiger charge is -2.31. The molecule has 1 atom stereocenters. The maximum atomic E-state index is 13.5. The number of aliphatic hydroxyl groups excluding tert-OH is 1. The van der Waals surface area contributed by atoms with E-state index in [1.807, 2.05) is 10.7 Å². The lowest BCUT2D eigenvalue weighted by molar-refractivity contribution is -0.214. The van der Waals surface area contributed by atoms with Crippen molar-refractivity contribution >= 4 is 6.09 Å². The molecule has 2 aliphatic heterocycles. The Morgan fingerprint density at radius 1 is 1.23 bits per heavy atom. The third-order valence-corrected chi connectivity index (χ3v) is 5.67. The summed E-state index contributed by atoms with van der Waals surface area (Å²) in [4.78, 5) is 13.2. The van der Waals surface area contributed by atoms with Crippen molar-refractivity contribution in [3.8, 4) is 5.69 Å². The summed E-state index contributed by atoms with van der Waals surface area (Å²) < 4.78 is 57.8. The molecule has 1 saturated heterocycles. The number of carbonyl (C=O) groups excluding carboxylic acids is 1. The molecule has 1 fully saturated rings. The first-order valence-corrected chi connectivity index (χ1v) is 9.77. The van der Waals surface area contributed by atoms with Crippen LogP contribution >= 0.6 is 0 Å². The van der Waals surface area contributed by atoms with Gasteiger partial charge in [0.25, 0.3) is 0 Å². The Labute approximate surface area is 170 Å². The number of rotatable bonds is 3. The van der Waals surface area contributed by atoms with Gasteiger partial charge in [-0.2, -0.15) is 18.3 Å². The molecule has 1 N–H and O–H groups in total. The van der Waals surface area contributed by atoms with Crippen LogP contribution in [0, 0.1) is 5.82 Å². The topological polar surface area (TPSA) is 67.6 Å². The van der Waals surface area contributed by atoms with Crippen molar-refractivity contribution in [1.82, 2.24) is 14.7 Å². The molecule has 4 rings (SSSR count). The number of aromatic nitrogens is 2. The first-order chi connectivity index (χ1) is 14.3. The number of nitrogens with zero attached hydrogens (tertiary/aromatic N) is 3. The summed E-state index contributed by atoms with van der Waals surface area (Å²) in [5, 5.41) is 13.5. The summed E-state index contributed by atoms with van der Waals surface area (Å²) in [6, 6.07) is 6.64. The molecule has 1 aromatic heterocycles. The number of aliphatic hydroxyl groups is 1. The third-order valence-electron chi connectivity index (χ3n) is 5.67. The van der Waals surface area contributed by atoms with Crippen LogP contribution in [-0.4, -0.2) is 57.9 Å². The number of piperidine rings is 1. The van der Waals surface area contributed by atoms with E-state index in [1.54, 1.807) is 6.07 Å². The maximum Gasteiger partial charge on any atom is 0.427 e. The summed E-state index contributed by atoms with van der Waals surface area (Å²) in [6.07, 6.45) is -5.85. The van der Waals surface area contributed by atoms with Crippen LogP contribution in [-0.2, 0) is 17.6 Å². The number of ether oxygens (including phenoxy) is 1. The fourth-order valence-electron chi connectivity index (χ4n) is 4.01. The van der Waals surface area contributed by atoms with Crippen LogP contribution in [0.25, 0.3) is 5.69 Å². The van der Waals surface area contributed by atoms with Gasteiger partial charge in [0.15, 0.2) is 0 Å². The Bertz CT molecular complexity index is 936. The zero-order valence-electron chi connectivity index (χ0n) is 16.0. The van der Waals surface area contributed by atoms with Crippen molar-refractivity contribution in [3.05, 3.63) is 47.0 Å². The number of aryl methyl sites for hydroxylation is 2. The average molecular weight is 427 g/mol. The number of likely N-dealkylation sites (tertiary alicyclic amines) is 1. The molecule has 0 bridgehead atoms. The predicted molar refractivity (Wildman–Crippen MR) is 97.9 cm³/mol. The molecule has 0 aliphatic carbocycles. The van der Waals surface area contributed by atoms with Crippen LogP contribution in [0.1, 0.15) is 35.7 Å². The molecule has 1 amide bonds. The van der Waals surface area contributed by atoms with Gasteiger partial charge >= 0.3 is 12.3 Å². The average Bonchev–Trinajstić information content (AvgIpc) is 3.15. The van der Waals surface area contributed by atoms with E-state index in [0.29, 0.717) is 12.8 Å². The smallest absolute Gasteiger partial charge is 0.427 e. The van der Waals surface area contributed by atoms with Crippen molar-refractivity contribution in [2.24, 2.45) is 0 Å². The number of carbonyl (C=O) groups is 1. The Hall–Kier alpha value is -2.62. The minimum Gasteiger partial charge on any atom is -0.434 e. The molecule has 1 aromatic carbocycles. The molecule has 6 nitrogen and oxygen atoms in total. The number of alkyl halides is 3. The highest BCUT2D eigenvalue weighted by atomic mass is 19.4. The number of halogens is 4. The maximum absolute atomic E-state index is 13.5. The highest BCUT2D eigenvalue weighted by molar-refractivity contribution is 5.68. The van der Waals surface area contributed by atoms with Gasteiger partial charge in [-0.3, -0.25) is 0 Å². The summed E-state index contributed by atoms with van der Waals surface area (Å²) in [7, 11) is 0. The van der Waals surface area contributed by atoms with Crippen molar-refractivity contribution in [1.29, 1.82) is 0 Å². The van der Waals surface area contributed by atoms with E-state index in [9.17, 15) is 22.4 Å². The van der Waals surface area contributed by atoms with Crippen LogP contribution in [0.5, 0.6) is 0 Å². The van der Waals surface area contributed by atoms with Gasteiger partial charge in [-0.15, -0.1) is 0 Å². The van der Waals surface area contributed by atoms with Crippen LogP contribution in [0.15, 0.2) is 24.3 Å². The quantitative estimate of drug-likeness (QED) is 0.763. The number of benzene rings is 1. The molecule has 0 radical (unpaired) electrons. The molecule has 0 saturated carbocycles. The van der Waals surface area contributed by atoms with E-state index in [4.69, 9.17) is 5.11 Å². The first kappa shape index (κ1) is 20.6. The van der Waals surface area contributed by atoms with Crippen LogP contribution in [0.4, 0.5) is 22.4 Å². The molecule has 2 aromatic rings. The van der Waals surface area contributed by atoms with E-state index in [1.165, 1.54) is 17.0 Å². The summed E-state index contributed by atoms with van der Waals surface area (Å²) >= 11 is 0. The largest absolute Gasteiger partial charge is 0.434 e. The Morgan fingerprint density at radius 2 is 1.97 bits per heavy atom. The van der Waals surface area contributed by atoms with Crippen LogP contribution < -0.4 is 0 Å². The second kappa shape index (κ2) is 7.90. The highest BCUT2D eigenvalue weighted by Crippen LogP contribution is 2.32. The molecule has 162 valence electrons. The molecular formula is C20H21F4N3O3. The SMILES string of the molecule is O=C(OC(CO)C(F)(F)F)N1CCC(c2cc3n(n2)-c2ccc(F)cc2CC3)CC1. The van der Waals surface area contributed by atoms with Crippen molar-refractivity contribution in [2.75, 3.05) is 19.7 Å². The van der Waals surface area contributed by atoms with Crippen molar-refractivity contribution in [2.45, 2.75) is 43.9 Å². The molecule has 1 unspecified atom stereocenters. The van der Waals surface area contributed by atoms with E-state index >= 15 is 0 Å². The van der Waals surface area contributed by atoms with Crippen LogP contribution in [0.2, 0.25) is 0 Å². The highest BCUT2D eigenvalue weighted by Gasteiger charge is 2.43. The minimum absolute atomic E-state index is 0.0623. The molecule has 0 spiro atoms. The van der Waals surface area contributed by atoms with Gasteiger partial charge in [-0.25, -0.2) is 13.9 Å². The van der Waals surface area contributed by atoms with Gasteiger partial charge in [-0.1, -0.05) is 0 Å². The molecule has 2 aliphatic rings. The normalized spacial score (nSPS) is 18.0. The fraction of sp³-hybridized carbons (Fsp3) is 0.500. The van der Waals surface area contributed by atoms with Crippen molar-refractivity contribution < 1.29 is 32.2 Å². The number of hydrogen-bond donors (Lipinski definition) is 1. The van der Waals surface area contributed by atoms with Gasteiger partial charge in [0.2, 0.25) is 6.10 Å². The zero-order valence-corrected chi connectivity index (χ0v) is 16.0. The summed E-state index contributed by atoms with van der Waals surface area (Å²) in [6.45, 7) is -0.829. The van der Waals surface area contributed by atoms with Crippen LogP contribution in [0.3, 0.4) is 0 Å². The predicted octanol–water partition coefficient (Wildman–Crippen LogP) is 3.35. The molecule has 30 heavy (non-hydrogen) atoms. The number of amides is 1. The lowest BCUT2D eigenvalue weighted by Crippen LogP contribution is -2.44. The second-order valence-electron chi connectivity index (χ2n) is 7.60. The monoisotopic (exact) mass is 427 g/mol. The summed E-state index contributed by atoms with van der Waals surface area (Å²) in [5.74, 6) is -0.217. The lowest BCUT2D eigenvalue weighted by atomic mass is 9.93. The minimum atomic E-state index is -4.81. The van der Waals surface area contributed by atoms with Gasteiger partial charge < -0.3 is 14.7 Å². The van der Waals surface area contributed by atoms with Gasteiger partial charge in [0, 0.05) is 24.7 Å². The number of hydrogen-bond acceptors (Lipinski definition) is 4. The van der Waals surface area contributed by atoms with E-state index in [2.05, 4.69) is 9.84 Å². The van der Waals surface area contributed by atoms with Gasteiger partial charge in [-0.05, 0) is 55.5 Å². The second-order valence-corrected chi connectivity index (χ2v) is 7.60. The van der Waals surface area contributed by atoms with Gasteiger partial charge in [0.1, 0.15) is 5.82 Å². The molecule has 3 heterocycles. The van der Waals surface area contributed by atoms with Crippen molar-refractivity contribution in [3.63, 3.8) is 0 Å². The fourth-order valence-corrected chi connectivity index (χ4v) is 4.01. The zero-order chi connectivity index (χ0) is 21.5. The standard InChI is InChI=1S/C20H21F4N3O3/c21-14-2-4-17-13(9-14)1-3-15-10-16(25-27(15)17)12-5-7-26(8-6-12)19(29)30-18(11-28)20(22,23)24/h2,4,9-10,12,18,28H,1,3,5-8,11H2. The van der Waals surface area contributed by atoms with E-state index < -0.39 is 25.0 Å². The van der Waals surface area contributed by atoms with E-state index in [-0.39, 0.29) is 24.8 Å². The van der Waals surface area contributed by atoms with Gasteiger partial charge in [0.05, 0.1) is 18.0 Å². The Kier molecular flexibility index (Phi) is 5.44. The van der Waals surface area contributed by atoms with E-state index in [0.717, 1.165) is 35.5 Å². The Balaban J connectivity index is 1.41.